The van der Waals surface area contributed by atoms with Crippen LogP contribution in [0.3, 0.4) is 0 Å². The fraction of sp³-hybridized carbons (Fsp3) is 0.0625. The summed E-state index contributed by atoms with van der Waals surface area (Å²) in [6.07, 6.45) is 3.08. The lowest BCUT2D eigenvalue weighted by Gasteiger charge is -2.09. The van der Waals surface area contributed by atoms with Crippen LogP contribution in [0, 0.1) is 21.4 Å². The maximum atomic E-state index is 10.8. The fourth-order valence-electron chi connectivity index (χ4n) is 2.20. The SMILES string of the molecule is N#Cc1cc([N+](=O)[O-])ccc1NCc1ccc(-n2cncn2)cc1. The number of hydrogen-bond acceptors (Lipinski definition) is 6. The molecule has 0 fully saturated rings. The van der Waals surface area contributed by atoms with E-state index in [1.807, 2.05) is 30.3 Å². The van der Waals surface area contributed by atoms with Gasteiger partial charge in [0, 0.05) is 18.7 Å². The first-order valence-electron chi connectivity index (χ1n) is 7.04. The van der Waals surface area contributed by atoms with Gasteiger partial charge < -0.3 is 5.32 Å². The van der Waals surface area contributed by atoms with Crippen molar-refractivity contribution in [3.05, 3.63) is 76.4 Å². The fourth-order valence-corrected chi connectivity index (χ4v) is 2.20. The van der Waals surface area contributed by atoms with E-state index >= 15 is 0 Å². The van der Waals surface area contributed by atoms with Crippen LogP contribution in [0.5, 0.6) is 0 Å². The molecular weight excluding hydrogens is 308 g/mol. The number of benzene rings is 2. The molecule has 3 aromatic rings. The lowest BCUT2D eigenvalue weighted by molar-refractivity contribution is -0.384. The van der Waals surface area contributed by atoms with Gasteiger partial charge in [0.1, 0.15) is 18.7 Å². The highest BCUT2D eigenvalue weighted by Gasteiger charge is 2.10. The van der Waals surface area contributed by atoms with E-state index in [1.54, 1.807) is 17.1 Å². The summed E-state index contributed by atoms with van der Waals surface area (Å²) < 4.78 is 1.65. The van der Waals surface area contributed by atoms with Crippen LogP contribution in [0.2, 0.25) is 0 Å². The van der Waals surface area contributed by atoms with Crippen LogP contribution in [-0.2, 0) is 6.54 Å². The monoisotopic (exact) mass is 320 g/mol. The summed E-state index contributed by atoms with van der Waals surface area (Å²) in [6.45, 7) is 0.490. The first-order valence-corrected chi connectivity index (χ1v) is 7.04. The summed E-state index contributed by atoms with van der Waals surface area (Å²) in [5, 5.41) is 27.1. The third kappa shape index (κ3) is 3.20. The second-order valence-electron chi connectivity index (χ2n) is 4.96. The van der Waals surface area contributed by atoms with E-state index in [0.717, 1.165) is 11.3 Å². The van der Waals surface area contributed by atoms with Gasteiger partial charge in [-0.2, -0.15) is 10.4 Å². The molecule has 24 heavy (non-hydrogen) atoms. The number of non-ortho nitro benzene ring substituents is 1. The molecule has 0 saturated carbocycles. The summed E-state index contributed by atoms with van der Waals surface area (Å²) >= 11 is 0. The maximum absolute atomic E-state index is 10.8. The lowest BCUT2D eigenvalue weighted by atomic mass is 10.1. The smallest absolute Gasteiger partial charge is 0.270 e. The molecule has 0 bridgehead atoms. The number of nitro benzene ring substituents is 1. The van der Waals surface area contributed by atoms with Gasteiger partial charge in [-0.3, -0.25) is 10.1 Å². The van der Waals surface area contributed by atoms with Crippen LogP contribution in [0.4, 0.5) is 11.4 Å². The standard InChI is InChI=1S/C16H12N6O2/c17-8-13-7-15(22(23)24)5-6-16(13)19-9-12-1-3-14(4-2-12)21-11-18-10-20-21/h1-7,10-11,19H,9H2. The Hall–Kier alpha value is -3.73. The Morgan fingerprint density at radius 2 is 2.04 bits per heavy atom. The van der Waals surface area contributed by atoms with Crippen molar-refractivity contribution in [3.63, 3.8) is 0 Å². The topological polar surface area (TPSA) is 110 Å². The zero-order valence-corrected chi connectivity index (χ0v) is 12.5. The van der Waals surface area contributed by atoms with Gasteiger partial charge in [-0.1, -0.05) is 12.1 Å². The molecule has 0 spiro atoms. The number of hydrogen-bond donors (Lipinski definition) is 1. The molecule has 0 unspecified atom stereocenters. The molecular formula is C16H12N6O2. The predicted molar refractivity (Wildman–Crippen MR) is 86.5 cm³/mol. The largest absolute Gasteiger partial charge is 0.380 e. The van der Waals surface area contributed by atoms with Crippen LogP contribution in [0.15, 0.2) is 55.1 Å². The van der Waals surface area contributed by atoms with Crippen molar-refractivity contribution in [3.8, 4) is 11.8 Å². The second kappa shape index (κ2) is 6.58. The molecule has 0 amide bonds. The van der Waals surface area contributed by atoms with Crippen LogP contribution in [0.25, 0.3) is 5.69 Å². The molecule has 0 atom stereocenters. The molecule has 1 heterocycles. The molecule has 118 valence electrons. The predicted octanol–water partition coefficient (Wildman–Crippen LogP) is 2.66. The van der Waals surface area contributed by atoms with E-state index in [4.69, 9.17) is 5.26 Å². The molecule has 0 aliphatic heterocycles. The normalized spacial score (nSPS) is 10.1. The number of nitriles is 1. The Balaban J connectivity index is 1.72. The number of nitrogens with zero attached hydrogens (tertiary/aromatic N) is 5. The van der Waals surface area contributed by atoms with E-state index in [-0.39, 0.29) is 11.3 Å². The molecule has 3 rings (SSSR count). The summed E-state index contributed by atoms with van der Waals surface area (Å²) in [7, 11) is 0. The van der Waals surface area contributed by atoms with E-state index < -0.39 is 4.92 Å². The quantitative estimate of drug-likeness (QED) is 0.571. The van der Waals surface area contributed by atoms with Gasteiger partial charge in [-0.05, 0) is 23.8 Å². The van der Waals surface area contributed by atoms with Crippen LogP contribution >= 0.6 is 0 Å². The van der Waals surface area contributed by atoms with Gasteiger partial charge in [0.2, 0.25) is 0 Å². The summed E-state index contributed by atoms with van der Waals surface area (Å²) in [5.74, 6) is 0. The molecule has 2 aromatic carbocycles. The molecule has 0 radical (unpaired) electrons. The van der Waals surface area contributed by atoms with Crippen LogP contribution < -0.4 is 5.32 Å². The summed E-state index contributed by atoms with van der Waals surface area (Å²) in [5.41, 5.74) is 2.59. The highest BCUT2D eigenvalue weighted by atomic mass is 16.6. The average Bonchev–Trinajstić information content (AvgIpc) is 3.14. The second-order valence-corrected chi connectivity index (χ2v) is 4.96. The van der Waals surface area contributed by atoms with Crippen molar-refractivity contribution < 1.29 is 4.92 Å². The molecule has 0 saturated heterocycles. The van der Waals surface area contributed by atoms with Crippen molar-refractivity contribution in [1.29, 1.82) is 5.26 Å². The highest BCUT2D eigenvalue weighted by molar-refractivity contribution is 5.61. The highest BCUT2D eigenvalue weighted by Crippen LogP contribution is 2.22. The molecule has 8 heteroatoms. The number of rotatable bonds is 5. The minimum absolute atomic E-state index is 0.103. The first kappa shape index (κ1) is 15.2. The molecule has 0 aliphatic rings. The number of aromatic nitrogens is 3. The Bertz CT molecular complexity index is 897. The van der Waals surface area contributed by atoms with Crippen LogP contribution in [-0.4, -0.2) is 19.7 Å². The average molecular weight is 320 g/mol. The van der Waals surface area contributed by atoms with E-state index in [1.165, 1.54) is 18.5 Å². The van der Waals surface area contributed by atoms with E-state index in [2.05, 4.69) is 15.4 Å². The number of nitrogens with one attached hydrogen (secondary N) is 1. The van der Waals surface area contributed by atoms with Crippen LogP contribution in [0.1, 0.15) is 11.1 Å². The Morgan fingerprint density at radius 1 is 1.25 bits per heavy atom. The zero-order chi connectivity index (χ0) is 16.9. The number of anilines is 1. The molecule has 8 nitrogen and oxygen atoms in total. The van der Waals surface area contributed by atoms with Crippen molar-refractivity contribution in [2.75, 3.05) is 5.32 Å². The first-order chi connectivity index (χ1) is 11.7. The van der Waals surface area contributed by atoms with Gasteiger partial charge in [0.25, 0.3) is 5.69 Å². The number of nitro groups is 1. The van der Waals surface area contributed by atoms with Gasteiger partial charge in [-0.15, -0.1) is 0 Å². The third-order valence-corrected chi connectivity index (χ3v) is 3.44. The molecule has 1 N–H and O–H groups in total. The van der Waals surface area contributed by atoms with Gasteiger partial charge in [0.15, 0.2) is 0 Å². The van der Waals surface area contributed by atoms with Crippen molar-refractivity contribution in [2.24, 2.45) is 0 Å². The Labute approximate surface area is 137 Å². The van der Waals surface area contributed by atoms with Crippen molar-refractivity contribution in [2.45, 2.75) is 6.54 Å². The van der Waals surface area contributed by atoms with Gasteiger partial charge in [-0.25, -0.2) is 9.67 Å². The molecule has 0 aliphatic carbocycles. The van der Waals surface area contributed by atoms with E-state index in [0.29, 0.717) is 12.2 Å². The van der Waals surface area contributed by atoms with Gasteiger partial charge >= 0.3 is 0 Å². The summed E-state index contributed by atoms with van der Waals surface area (Å²) in [4.78, 5) is 14.1. The summed E-state index contributed by atoms with van der Waals surface area (Å²) in [6, 6.07) is 13.8. The molecule has 1 aromatic heterocycles. The lowest BCUT2D eigenvalue weighted by Crippen LogP contribution is -2.02. The van der Waals surface area contributed by atoms with E-state index in [9.17, 15) is 10.1 Å². The minimum atomic E-state index is -0.520. The Kier molecular flexibility index (Phi) is 4.16. The van der Waals surface area contributed by atoms with Crippen molar-refractivity contribution >= 4 is 11.4 Å². The maximum Gasteiger partial charge on any atom is 0.270 e. The Morgan fingerprint density at radius 3 is 2.67 bits per heavy atom. The van der Waals surface area contributed by atoms with Gasteiger partial charge in [0.05, 0.1) is 21.9 Å². The third-order valence-electron chi connectivity index (χ3n) is 3.44. The van der Waals surface area contributed by atoms with Crippen molar-refractivity contribution in [1.82, 2.24) is 14.8 Å². The minimum Gasteiger partial charge on any atom is -0.380 e. The zero-order valence-electron chi connectivity index (χ0n) is 12.5.